The van der Waals surface area contributed by atoms with Crippen molar-refractivity contribution in [3.63, 3.8) is 0 Å². The molecule has 1 unspecified atom stereocenters. The molecule has 1 atom stereocenters. The minimum absolute atomic E-state index is 0.0678. The van der Waals surface area contributed by atoms with E-state index >= 15 is 0 Å². The monoisotopic (exact) mass is 184 g/mol. The van der Waals surface area contributed by atoms with Gasteiger partial charge in [0.1, 0.15) is 0 Å². The van der Waals surface area contributed by atoms with E-state index in [0.29, 0.717) is 0 Å². The first-order chi connectivity index (χ1) is 6.74. The van der Waals surface area contributed by atoms with Crippen LogP contribution in [0.2, 0.25) is 0 Å². The van der Waals surface area contributed by atoms with Crippen LogP contribution in [-0.2, 0) is 6.42 Å². The summed E-state index contributed by atoms with van der Waals surface area (Å²) in [5, 5.41) is 8.93. The third-order valence-electron chi connectivity index (χ3n) is 2.37. The van der Waals surface area contributed by atoms with Crippen LogP contribution in [0.1, 0.15) is 29.5 Å². The van der Waals surface area contributed by atoms with E-state index in [1.165, 1.54) is 0 Å². The van der Waals surface area contributed by atoms with Gasteiger partial charge in [-0.25, -0.2) is 0 Å². The van der Waals surface area contributed by atoms with E-state index in [4.69, 9.17) is 5.26 Å². The molecule has 0 N–H and O–H groups in total. The first-order valence-electron chi connectivity index (χ1n) is 4.72. The zero-order valence-corrected chi connectivity index (χ0v) is 8.46. The Hall–Kier alpha value is -1.55. The summed E-state index contributed by atoms with van der Waals surface area (Å²) in [4.78, 5) is 0. The van der Waals surface area contributed by atoms with E-state index in [-0.39, 0.29) is 5.92 Å². The van der Waals surface area contributed by atoms with Crippen molar-refractivity contribution in [2.24, 2.45) is 0 Å². The molecule has 0 bridgehead atoms. The van der Waals surface area contributed by atoms with Gasteiger partial charge in [0.2, 0.25) is 0 Å². The first-order valence-corrected chi connectivity index (χ1v) is 4.72. The largest absolute Gasteiger partial charge is 0.192 e. The van der Waals surface area contributed by atoms with Crippen LogP contribution in [0.25, 0.3) is 0 Å². The van der Waals surface area contributed by atoms with E-state index in [1.807, 2.05) is 18.2 Å². The van der Waals surface area contributed by atoms with Gasteiger partial charge in [0.25, 0.3) is 0 Å². The summed E-state index contributed by atoms with van der Waals surface area (Å²) in [5.74, 6) is 0.0678. The summed E-state index contributed by atoms with van der Waals surface area (Å²) in [7, 11) is 0. The van der Waals surface area contributed by atoms with Crippen molar-refractivity contribution in [2.45, 2.75) is 19.3 Å². The molecule has 0 saturated heterocycles. The average molecular weight is 184 g/mol. The van der Waals surface area contributed by atoms with Crippen LogP contribution in [0, 0.1) is 18.3 Å². The zero-order chi connectivity index (χ0) is 10.6. The fourth-order valence-corrected chi connectivity index (χ4v) is 1.58. The molecule has 1 heteroatoms. The summed E-state index contributed by atoms with van der Waals surface area (Å²) in [6.07, 6.45) is 2.66. The fourth-order valence-electron chi connectivity index (χ4n) is 1.58. The summed E-state index contributed by atoms with van der Waals surface area (Å²) in [6, 6.07) is 7.96. The van der Waals surface area contributed by atoms with Gasteiger partial charge in [0.15, 0.2) is 0 Å². The highest BCUT2D eigenvalue weighted by Gasteiger charge is 2.09. The van der Waals surface area contributed by atoms with Crippen LogP contribution >= 0.6 is 0 Å². The normalized spacial score (nSPS) is 11.8. The molecule has 1 radical (unpaired) electrons. The Bertz CT molecular complexity index is 371. The van der Waals surface area contributed by atoms with E-state index < -0.39 is 0 Å². The second-order valence-corrected chi connectivity index (χ2v) is 3.18. The molecule has 1 nitrogen and oxygen atoms in total. The van der Waals surface area contributed by atoms with Gasteiger partial charge in [0.05, 0.1) is 11.6 Å². The highest BCUT2D eigenvalue weighted by atomic mass is 14.3. The van der Waals surface area contributed by atoms with Crippen LogP contribution in [0.3, 0.4) is 0 Å². The Morgan fingerprint density at radius 1 is 1.57 bits per heavy atom. The van der Waals surface area contributed by atoms with E-state index in [1.54, 1.807) is 6.08 Å². The molecule has 71 valence electrons. The molecule has 0 heterocycles. The number of nitriles is 1. The number of rotatable bonds is 3. The standard InChI is InChI=1S/C13H14N/c1-4-10(3)13-8-6-7-11(9-14)12(13)5-2/h4,6-8,10H,1,3,5H2,2H3. The highest BCUT2D eigenvalue weighted by molar-refractivity contribution is 5.45. The minimum atomic E-state index is 0.0678. The van der Waals surface area contributed by atoms with Crippen molar-refractivity contribution in [3.05, 3.63) is 54.5 Å². The molecular formula is C13H14N. The predicted molar refractivity (Wildman–Crippen MR) is 58.8 cm³/mol. The van der Waals surface area contributed by atoms with Crippen molar-refractivity contribution in [2.75, 3.05) is 0 Å². The Morgan fingerprint density at radius 2 is 2.29 bits per heavy atom. The second kappa shape index (κ2) is 4.62. The fraction of sp³-hybridized carbons (Fsp3) is 0.231. The van der Waals surface area contributed by atoms with E-state index in [9.17, 15) is 0 Å². The summed E-state index contributed by atoms with van der Waals surface area (Å²) in [6.45, 7) is 9.76. The lowest BCUT2D eigenvalue weighted by atomic mass is 9.91. The SMILES string of the molecule is [CH2]C(C=C)c1cccc(C#N)c1CC. The molecule has 1 aromatic carbocycles. The maximum Gasteiger partial charge on any atom is 0.0994 e. The first kappa shape index (κ1) is 10.5. The van der Waals surface area contributed by atoms with Gasteiger partial charge >= 0.3 is 0 Å². The Morgan fingerprint density at radius 3 is 2.79 bits per heavy atom. The molecule has 0 spiro atoms. The van der Waals surface area contributed by atoms with Crippen LogP contribution in [0.15, 0.2) is 30.9 Å². The Balaban J connectivity index is 3.30. The van der Waals surface area contributed by atoms with Crippen molar-refractivity contribution in [1.29, 1.82) is 5.26 Å². The maximum absolute atomic E-state index is 8.93. The summed E-state index contributed by atoms with van der Waals surface area (Å²) in [5.41, 5.74) is 2.96. The molecule has 0 aromatic heterocycles. The molecular weight excluding hydrogens is 170 g/mol. The molecule has 14 heavy (non-hydrogen) atoms. The van der Waals surface area contributed by atoms with Gasteiger partial charge in [-0.15, -0.1) is 6.58 Å². The predicted octanol–water partition coefficient (Wildman–Crippen LogP) is 3.22. The third kappa shape index (κ3) is 1.85. The quantitative estimate of drug-likeness (QED) is 0.662. The van der Waals surface area contributed by atoms with Crippen molar-refractivity contribution in [3.8, 4) is 6.07 Å². The number of hydrogen-bond acceptors (Lipinski definition) is 1. The summed E-state index contributed by atoms with van der Waals surface area (Å²) < 4.78 is 0. The maximum atomic E-state index is 8.93. The smallest absolute Gasteiger partial charge is 0.0994 e. The van der Waals surface area contributed by atoms with Crippen LogP contribution in [-0.4, -0.2) is 0 Å². The van der Waals surface area contributed by atoms with E-state index in [0.717, 1.165) is 23.1 Å². The van der Waals surface area contributed by atoms with Crippen molar-refractivity contribution >= 4 is 0 Å². The highest BCUT2D eigenvalue weighted by Crippen LogP contribution is 2.23. The molecule has 1 rings (SSSR count). The second-order valence-electron chi connectivity index (χ2n) is 3.18. The van der Waals surface area contributed by atoms with Crippen LogP contribution < -0.4 is 0 Å². The zero-order valence-electron chi connectivity index (χ0n) is 8.46. The van der Waals surface area contributed by atoms with Crippen molar-refractivity contribution in [1.82, 2.24) is 0 Å². The minimum Gasteiger partial charge on any atom is -0.192 e. The lowest BCUT2D eigenvalue weighted by Crippen LogP contribution is -1.99. The number of benzene rings is 1. The number of allylic oxidation sites excluding steroid dienone is 1. The van der Waals surface area contributed by atoms with Gasteiger partial charge in [-0.1, -0.05) is 25.1 Å². The van der Waals surface area contributed by atoms with Crippen LogP contribution in [0.4, 0.5) is 0 Å². The number of hydrogen-bond donors (Lipinski definition) is 0. The summed E-state index contributed by atoms with van der Waals surface area (Å²) >= 11 is 0. The lowest BCUT2D eigenvalue weighted by molar-refractivity contribution is 1.00. The topological polar surface area (TPSA) is 23.8 Å². The van der Waals surface area contributed by atoms with Gasteiger partial charge in [0, 0.05) is 5.92 Å². The molecule has 0 aliphatic rings. The Labute approximate surface area is 85.7 Å². The molecule has 0 aliphatic heterocycles. The third-order valence-corrected chi connectivity index (χ3v) is 2.37. The van der Waals surface area contributed by atoms with Gasteiger partial charge in [-0.2, -0.15) is 5.26 Å². The van der Waals surface area contributed by atoms with Gasteiger partial charge in [-0.05, 0) is 30.5 Å². The lowest BCUT2D eigenvalue weighted by Gasteiger charge is -2.12. The molecule has 0 fully saturated rings. The van der Waals surface area contributed by atoms with Crippen LogP contribution in [0.5, 0.6) is 0 Å². The molecule has 0 amide bonds. The Kier molecular flexibility index (Phi) is 3.48. The van der Waals surface area contributed by atoms with E-state index in [2.05, 4.69) is 26.5 Å². The average Bonchev–Trinajstić information content (AvgIpc) is 2.26. The van der Waals surface area contributed by atoms with Gasteiger partial charge < -0.3 is 0 Å². The molecule has 0 aliphatic carbocycles. The number of nitrogens with zero attached hydrogens (tertiary/aromatic N) is 1. The van der Waals surface area contributed by atoms with Crippen molar-refractivity contribution < 1.29 is 0 Å². The molecule has 0 saturated carbocycles. The molecule has 1 aromatic rings. The van der Waals surface area contributed by atoms with Gasteiger partial charge in [-0.3, -0.25) is 0 Å².